The molecule has 0 unspecified atom stereocenters. The molecule has 0 heterocycles. The Labute approximate surface area is 128 Å². The van der Waals surface area contributed by atoms with E-state index in [0.717, 1.165) is 6.54 Å². The Morgan fingerprint density at radius 2 is 1.62 bits per heavy atom. The number of carbonyl (C=O) groups excluding carboxylic acids is 1. The normalized spacial score (nSPS) is 10.7. The molecule has 0 radical (unpaired) electrons. The highest BCUT2D eigenvalue weighted by atomic mass is 16.5. The lowest BCUT2D eigenvalue weighted by atomic mass is 10.2. The van der Waals surface area contributed by atoms with E-state index in [1.807, 2.05) is 13.8 Å². The molecule has 0 saturated carbocycles. The van der Waals surface area contributed by atoms with Gasteiger partial charge in [-0.1, -0.05) is 20.4 Å². The van der Waals surface area contributed by atoms with Crippen LogP contribution < -0.4 is 5.32 Å². The van der Waals surface area contributed by atoms with Crippen molar-refractivity contribution in [2.24, 2.45) is 5.92 Å². The minimum absolute atomic E-state index is 0.0278. The molecular formula is C15H30N2O4. The maximum Gasteiger partial charge on any atom is 0.224 e. The Bertz CT molecular complexity index is 272. The third-order valence-corrected chi connectivity index (χ3v) is 2.72. The number of nitrogens with zero attached hydrogens (tertiary/aromatic N) is 1. The summed E-state index contributed by atoms with van der Waals surface area (Å²) in [6.07, 6.45) is 1.64. The van der Waals surface area contributed by atoms with Crippen molar-refractivity contribution < 1.29 is 19.0 Å². The van der Waals surface area contributed by atoms with E-state index in [9.17, 15) is 4.79 Å². The van der Waals surface area contributed by atoms with Gasteiger partial charge >= 0.3 is 0 Å². The van der Waals surface area contributed by atoms with Gasteiger partial charge < -0.3 is 24.4 Å². The smallest absolute Gasteiger partial charge is 0.224 e. The molecule has 0 spiro atoms. The average Bonchev–Trinajstić information content (AvgIpc) is 2.47. The van der Waals surface area contributed by atoms with Gasteiger partial charge in [0.25, 0.3) is 0 Å². The fourth-order valence-electron chi connectivity index (χ4n) is 1.53. The lowest BCUT2D eigenvalue weighted by molar-refractivity contribution is -0.133. The van der Waals surface area contributed by atoms with Crippen molar-refractivity contribution in [3.05, 3.63) is 12.8 Å². The topological polar surface area (TPSA) is 60.0 Å². The van der Waals surface area contributed by atoms with E-state index in [-0.39, 0.29) is 11.8 Å². The van der Waals surface area contributed by atoms with Gasteiger partial charge in [-0.2, -0.15) is 0 Å². The highest BCUT2D eigenvalue weighted by Gasteiger charge is 2.11. The molecule has 0 bridgehead atoms. The van der Waals surface area contributed by atoms with E-state index in [4.69, 9.17) is 14.2 Å². The number of hydrogen-bond acceptors (Lipinski definition) is 5. The van der Waals surface area contributed by atoms with Crippen molar-refractivity contribution in [2.75, 3.05) is 59.8 Å². The molecule has 6 nitrogen and oxygen atoms in total. The SMILES string of the molecule is C=CNCCOCCOCCOCCN(C)C(=O)C(C)C. The quantitative estimate of drug-likeness (QED) is 0.483. The molecular weight excluding hydrogens is 272 g/mol. The molecule has 6 heteroatoms. The van der Waals surface area contributed by atoms with Crippen molar-refractivity contribution in [1.29, 1.82) is 0 Å². The highest BCUT2D eigenvalue weighted by Crippen LogP contribution is 1.98. The Balaban J connectivity index is 3.22. The van der Waals surface area contributed by atoms with Crippen molar-refractivity contribution in [3.8, 4) is 0 Å². The number of ether oxygens (including phenoxy) is 3. The number of carbonyl (C=O) groups is 1. The van der Waals surface area contributed by atoms with Crippen LogP contribution in [0.3, 0.4) is 0 Å². The van der Waals surface area contributed by atoms with Crippen LogP contribution in [0.1, 0.15) is 13.8 Å². The molecule has 0 aliphatic rings. The van der Waals surface area contributed by atoms with Gasteiger partial charge in [0.15, 0.2) is 0 Å². The molecule has 124 valence electrons. The molecule has 0 saturated heterocycles. The average molecular weight is 302 g/mol. The van der Waals surface area contributed by atoms with Gasteiger partial charge in [0, 0.05) is 26.1 Å². The van der Waals surface area contributed by atoms with Gasteiger partial charge in [0.05, 0.1) is 39.6 Å². The Morgan fingerprint density at radius 1 is 1.10 bits per heavy atom. The molecule has 0 aliphatic heterocycles. The summed E-state index contributed by atoms with van der Waals surface area (Å²) in [5.74, 6) is 0.165. The zero-order chi connectivity index (χ0) is 15.9. The molecule has 0 aliphatic carbocycles. The molecule has 0 aromatic heterocycles. The van der Waals surface area contributed by atoms with Crippen LogP contribution in [0.25, 0.3) is 0 Å². The second-order valence-corrected chi connectivity index (χ2v) is 4.91. The van der Waals surface area contributed by atoms with Crippen LogP contribution in [0.5, 0.6) is 0 Å². The second kappa shape index (κ2) is 13.9. The standard InChI is InChI=1S/C15H30N2O4/c1-5-16-6-8-19-10-12-21-13-11-20-9-7-17(4)15(18)14(2)3/h5,14,16H,1,6-13H2,2-4H3. The molecule has 0 aromatic carbocycles. The van der Waals surface area contributed by atoms with Gasteiger partial charge in [-0.05, 0) is 6.20 Å². The van der Waals surface area contributed by atoms with E-state index < -0.39 is 0 Å². The first-order valence-corrected chi connectivity index (χ1v) is 7.42. The zero-order valence-electron chi connectivity index (χ0n) is 13.6. The van der Waals surface area contributed by atoms with Crippen molar-refractivity contribution in [3.63, 3.8) is 0 Å². The monoisotopic (exact) mass is 302 g/mol. The summed E-state index contributed by atoms with van der Waals surface area (Å²) in [5.41, 5.74) is 0. The largest absolute Gasteiger partial charge is 0.389 e. The van der Waals surface area contributed by atoms with Crippen LogP contribution in [0, 0.1) is 5.92 Å². The summed E-state index contributed by atoms with van der Waals surface area (Å²) in [6.45, 7) is 12.1. The van der Waals surface area contributed by atoms with Crippen molar-refractivity contribution >= 4 is 5.91 Å². The summed E-state index contributed by atoms with van der Waals surface area (Å²) < 4.78 is 16.1. The summed E-state index contributed by atoms with van der Waals surface area (Å²) in [5, 5.41) is 2.95. The number of likely N-dealkylation sites (N-methyl/N-ethyl adjacent to an activating group) is 1. The zero-order valence-corrected chi connectivity index (χ0v) is 13.6. The summed E-state index contributed by atoms with van der Waals surface area (Å²) in [4.78, 5) is 13.3. The van der Waals surface area contributed by atoms with Gasteiger partial charge in [-0.3, -0.25) is 4.79 Å². The van der Waals surface area contributed by atoms with Gasteiger partial charge in [-0.15, -0.1) is 0 Å². The number of rotatable bonds is 14. The van der Waals surface area contributed by atoms with Crippen LogP contribution in [0.4, 0.5) is 0 Å². The maximum absolute atomic E-state index is 11.6. The van der Waals surface area contributed by atoms with Crippen LogP contribution in [0.15, 0.2) is 12.8 Å². The van der Waals surface area contributed by atoms with Crippen LogP contribution >= 0.6 is 0 Å². The fraction of sp³-hybridized carbons (Fsp3) is 0.800. The van der Waals surface area contributed by atoms with E-state index >= 15 is 0 Å². The van der Waals surface area contributed by atoms with Gasteiger partial charge in [0.1, 0.15) is 0 Å². The molecule has 0 fully saturated rings. The van der Waals surface area contributed by atoms with Crippen molar-refractivity contribution in [1.82, 2.24) is 10.2 Å². The first kappa shape index (κ1) is 19.9. The minimum Gasteiger partial charge on any atom is -0.389 e. The predicted molar refractivity (Wildman–Crippen MR) is 83.1 cm³/mol. The van der Waals surface area contributed by atoms with E-state index in [2.05, 4.69) is 11.9 Å². The minimum atomic E-state index is 0.0278. The molecule has 1 N–H and O–H groups in total. The van der Waals surface area contributed by atoms with Crippen LogP contribution in [0.2, 0.25) is 0 Å². The fourth-order valence-corrected chi connectivity index (χ4v) is 1.53. The van der Waals surface area contributed by atoms with E-state index in [0.29, 0.717) is 46.2 Å². The van der Waals surface area contributed by atoms with Gasteiger partial charge in [-0.25, -0.2) is 0 Å². The number of hydrogen-bond donors (Lipinski definition) is 1. The highest BCUT2D eigenvalue weighted by molar-refractivity contribution is 5.77. The van der Waals surface area contributed by atoms with Crippen LogP contribution in [-0.4, -0.2) is 70.6 Å². The Hall–Kier alpha value is -1.11. The molecule has 1 amide bonds. The summed E-state index contributed by atoms with van der Waals surface area (Å²) in [6, 6.07) is 0. The number of amides is 1. The first-order chi connectivity index (χ1) is 10.1. The summed E-state index contributed by atoms with van der Waals surface area (Å²) >= 11 is 0. The Kier molecular flexibility index (Phi) is 13.1. The van der Waals surface area contributed by atoms with Gasteiger partial charge in [0.2, 0.25) is 5.91 Å². The lowest BCUT2D eigenvalue weighted by Crippen LogP contribution is -2.33. The third-order valence-electron chi connectivity index (χ3n) is 2.72. The predicted octanol–water partition coefficient (Wildman–Crippen LogP) is 0.884. The van der Waals surface area contributed by atoms with Crippen LogP contribution in [-0.2, 0) is 19.0 Å². The lowest BCUT2D eigenvalue weighted by Gasteiger charge is -2.19. The molecule has 0 rings (SSSR count). The molecule has 0 atom stereocenters. The van der Waals surface area contributed by atoms with E-state index in [1.54, 1.807) is 18.1 Å². The first-order valence-electron chi connectivity index (χ1n) is 7.42. The number of nitrogens with one attached hydrogen (secondary N) is 1. The van der Waals surface area contributed by atoms with E-state index in [1.165, 1.54) is 0 Å². The second-order valence-electron chi connectivity index (χ2n) is 4.91. The van der Waals surface area contributed by atoms with Crippen molar-refractivity contribution in [2.45, 2.75) is 13.8 Å². The molecule has 21 heavy (non-hydrogen) atoms. The summed E-state index contributed by atoms with van der Waals surface area (Å²) in [7, 11) is 1.79. The maximum atomic E-state index is 11.6. The Morgan fingerprint density at radius 3 is 2.14 bits per heavy atom. The third kappa shape index (κ3) is 12.3. The molecule has 0 aromatic rings.